The summed E-state index contributed by atoms with van der Waals surface area (Å²) in [5, 5.41) is 5.81. The van der Waals surface area contributed by atoms with Crippen LogP contribution in [0.3, 0.4) is 0 Å². The van der Waals surface area contributed by atoms with Crippen LogP contribution in [0.15, 0.2) is 53.2 Å². The van der Waals surface area contributed by atoms with E-state index in [9.17, 15) is 4.21 Å². The molecule has 2 aromatic heterocycles. The van der Waals surface area contributed by atoms with Gasteiger partial charge in [0.25, 0.3) is 0 Å². The van der Waals surface area contributed by atoms with E-state index >= 15 is 0 Å². The first-order valence-corrected chi connectivity index (χ1v) is 11.2. The first-order chi connectivity index (χ1) is 13.6. The van der Waals surface area contributed by atoms with Crippen LogP contribution in [0.4, 0.5) is 17.2 Å². The molecule has 1 fully saturated rings. The zero-order valence-electron chi connectivity index (χ0n) is 15.5. The smallest absolute Gasteiger partial charge is 0.138 e. The molecule has 8 heteroatoms. The SMILES string of the molecule is COCCS(=O)(=Nc1ccc2c(Nc3ccc(Cl)nc3)nccc2c1)C1CC1. The van der Waals surface area contributed by atoms with Crippen molar-refractivity contribution in [3.63, 3.8) is 0 Å². The summed E-state index contributed by atoms with van der Waals surface area (Å²) in [6.07, 6.45) is 5.35. The molecule has 1 N–H and O–H groups in total. The molecule has 146 valence electrons. The fourth-order valence-electron chi connectivity index (χ4n) is 3.01. The van der Waals surface area contributed by atoms with Gasteiger partial charge in [-0.15, -0.1) is 0 Å². The van der Waals surface area contributed by atoms with E-state index in [1.807, 2.05) is 30.3 Å². The highest BCUT2D eigenvalue weighted by Crippen LogP contribution is 2.34. The molecule has 0 bridgehead atoms. The number of aromatic nitrogens is 2. The Labute approximate surface area is 169 Å². The monoisotopic (exact) mass is 416 g/mol. The lowest BCUT2D eigenvalue weighted by Gasteiger charge is -2.11. The van der Waals surface area contributed by atoms with Gasteiger partial charge in [0.2, 0.25) is 0 Å². The van der Waals surface area contributed by atoms with Gasteiger partial charge in [0.1, 0.15) is 11.0 Å². The number of halogens is 1. The second-order valence-electron chi connectivity index (χ2n) is 6.74. The van der Waals surface area contributed by atoms with Crippen molar-refractivity contribution in [2.45, 2.75) is 18.1 Å². The Morgan fingerprint density at radius 2 is 2.11 bits per heavy atom. The molecule has 0 aliphatic heterocycles. The average molecular weight is 417 g/mol. The van der Waals surface area contributed by atoms with E-state index in [1.54, 1.807) is 25.6 Å². The fourth-order valence-corrected chi connectivity index (χ4v) is 5.45. The number of fused-ring (bicyclic) bond motifs is 1. The van der Waals surface area contributed by atoms with Crippen molar-refractivity contribution < 1.29 is 8.95 Å². The topological polar surface area (TPSA) is 76.5 Å². The number of benzene rings is 1. The molecule has 28 heavy (non-hydrogen) atoms. The molecule has 0 spiro atoms. The summed E-state index contributed by atoms with van der Waals surface area (Å²) in [7, 11) is -0.668. The molecule has 1 aliphatic carbocycles. The van der Waals surface area contributed by atoms with E-state index in [0.29, 0.717) is 17.5 Å². The third kappa shape index (κ3) is 4.27. The molecule has 1 aromatic carbocycles. The number of methoxy groups -OCH3 is 1. The molecule has 6 nitrogen and oxygen atoms in total. The van der Waals surface area contributed by atoms with Crippen molar-refractivity contribution in [1.82, 2.24) is 9.97 Å². The quantitative estimate of drug-likeness (QED) is 0.552. The largest absolute Gasteiger partial charge is 0.384 e. The Kier molecular flexibility index (Phi) is 5.48. The third-order valence-corrected chi connectivity index (χ3v) is 7.63. The Morgan fingerprint density at radius 3 is 2.82 bits per heavy atom. The molecule has 2 heterocycles. The number of ether oxygens (including phenoxy) is 1. The Morgan fingerprint density at radius 1 is 1.25 bits per heavy atom. The molecule has 4 rings (SSSR count). The number of pyridine rings is 2. The second-order valence-corrected chi connectivity index (χ2v) is 9.76. The molecular formula is C20H21ClN4O2S. The molecular weight excluding hydrogens is 396 g/mol. The lowest BCUT2D eigenvalue weighted by atomic mass is 10.1. The maximum Gasteiger partial charge on any atom is 0.138 e. The van der Waals surface area contributed by atoms with Crippen LogP contribution in [0.2, 0.25) is 5.15 Å². The fraction of sp³-hybridized carbons (Fsp3) is 0.300. The zero-order chi connectivity index (χ0) is 19.6. The van der Waals surface area contributed by atoms with E-state index < -0.39 is 9.73 Å². The third-order valence-electron chi connectivity index (χ3n) is 4.62. The molecule has 3 aromatic rings. The van der Waals surface area contributed by atoms with Gasteiger partial charge in [-0.3, -0.25) is 0 Å². The first-order valence-electron chi connectivity index (χ1n) is 9.07. The van der Waals surface area contributed by atoms with Crippen molar-refractivity contribution in [3.05, 3.63) is 53.9 Å². The van der Waals surface area contributed by atoms with Crippen LogP contribution < -0.4 is 5.32 Å². The minimum Gasteiger partial charge on any atom is -0.384 e. The molecule has 1 unspecified atom stereocenters. The zero-order valence-corrected chi connectivity index (χ0v) is 17.0. The highest BCUT2D eigenvalue weighted by molar-refractivity contribution is 7.94. The van der Waals surface area contributed by atoms with Gasteiger partial charge in [-0.1, -0.05) is 11.6 Å². The summed E-state index contributed by atoms with van der Waals surface area (Å²) in [5.74, 6) is 1.19. The second kappa shape index (κ2) is 8.03. The molecule has 1 aliphatic rings. The highest BCUT2D eigenvalue weighted by atomic mass is 35.5. The van der Waals surface area contributed by atoms with Crippen LogP contribution in [0.1, 0.15) is 12.8 Å². The van der Waals surface area contributed by atoms with Crippen LogP contribution >= 0.6 is 11.6 Å². The Bertz CT molecular complexity index is 1110. The van der Waals surface area contributed by atoms with Gasteiger partial charge in [-0.25, -0.2) is 14.2 Å². The minimum atomic E-state index is -2.29. The lowest BCUT2D eigenvalue weighted by Crippen LogP contribution is -2.15. The predicted molar refractivity (Wildman–Crippen MR) is 114 cm³/mol. The van der Waals surface area contributed by atoms with E-state index in [-0.39, 0.29) is 5.25 Å². The van der Waals surface area contributed by atoms with Gasteiger partial charge in [0.05, 0.1) is 39.7 Å². The number of hydrogen-bond acceptors (Lipinski definition) is 6. The van der Waals surface area contributed by atoms with Crippen LogP contribution in [0.25, 0.3) is 10.8 Å². The Hall–Kier alpha value is -2.22. The van der Waals surface area contributed by atoms with Crippen LogP contribution in [0, 0.1) is 0 Å². The summed E-state index contributed by atoms with van der Waals surface area (Å²) < 4.78 is 23.0. The van der Waals surface area contributed by atoms with Crippen molar-refractivity contribution in [2.24, 2.45) is 4.36 Å². The highest BCUT2D eigenvalue weighted by Gasteiger charge is 2.33. The standard InChI is InChI=1S/C20H21ClN4O2S/c1-27-10-11-28(26,17-4-5-17)25-15-2-6-18-14(12-15)8-9-22-20(18)24-16-3-7-19(21)23-13-16/h2-3,6-9,12-13,17H,4-5,10-11H2,1H3,(H,22,24). The van der Waals surface area contributed by atoms with Gasteiger partial charge in [0, 0.05) is 23.9 Å². The first kappa shape index (κ1) is 19.1. The van der Waals surface area contributed by atoms with E-state index in [0.717, 1.165) is 40.8 Å². The lowest BCUT2D eigenvalue weighted by molar-refractivity contribution is 0.217. The summed E-state index contributed by atoms with van der Waals surface area (Å²) in [6, 6.07) is 11.3. The van der Waals surface area contributed by atoms with Crippen LogP contribution in [0.5, 0.6) is 0 Å². The number of hydrogen-bond donors (Lipinski definition) is 1. The van der Waals surface area contributed by atoms with Gasteiger partial charge < -0.3 is 10.1 Å². The summed E-state index contributed by atoms with van der Waals surface area (Å²) >= 11 is 5.84. The van der Waals surface area contributed by atoms with Gasteiger partial charge in [-0.05, 0) is 54.6 Å². The molecule has 0 saturated heterocycles. The van der Waals surface area contributed by atoms with Gasteiger partial charge in [0.15, 0.2) is 0 Å². The normalized spacial score (nSPS) is 15.9. The van der Waals surface area contributed by atoms with E-state index in [4.69, 9.17) is 16.3 Å². The molecule has 1 saturated carbocycles. The van der Waals surface area contributed by atoms with Crippen molar-refractivity contribution >= 4 is 49.3 Å². The predicted octanol–water partition coefficient (Wildman–Crippen LogP) is 4.94. The molecule has 0 radical (unpaired) electrons. The van der Waals surface area contributed by atoms with Crippen molar-refractivity contribution in [1.29, 1.82) is 0 Å². The minimum absolute atomic E-state index is 0.186. The van der Waals surface area contributed by atoms with E-state index in [2.05, 4.69) is 19.6 Å². The average Bonchev–Trinajstić information content (AvgIpc) is 3.54. The van der Waals surface area contributed by atoms with Crippen molar-refractivity contribution in [2.75, 3.05) is 24.8 Å². The molecule has 1 atom stereocenters. The van der Waals surface area contributed by atoms with Crippen LogP contribution in [-0.2, 0) is 14.5 Å². The number of rotatable bonds is 7. The van der Waals surface area contributed by atoms with E-state index in [1.165, 1.54) is 0 Å². The van der Waals surface area contributed by atoms with Crippen molar-refractivity contribution in [3.8, 4) is 0 Å². The maximum absolute atomic E-state index is 13.3. The van der Waals surface area contributed by atoms with Gasteiger partial charge >= 0.3 is 0 Å². The van der Waals surface area contributed by atoms with Crippen LogP contribution in [-0.4, -0.2) is 38.9 Å². The Balaban J connectivity index is 1.67. The maximum atomic E-state index is 13.3. The number of anilines is 2. The number of nitrogens with zero attached hydrogens (tertiary/aromatic N) is 3. The summed E-state index contributed by atoms with van der Waals surface area (Å²) in [5.41, 5.74) is 1.53. The summed E-state index contributed by atoms with van der Waals surface area (Å²) in [4.78, 5) is 8.51. The molecule has 0 amide bonds. The summed E-state index contributed by atoms with van der Waals surface area (Å²) in [6.45, 7) is 0.458. The van der Waals surface area contributed by atoms with Gasteiger partial charge in [-0.2, -0.15) is 4.36 Å². The number of nitrogens with one attached hydrogen (secondary N) is 1.